The Labute approximate surface area is 154 Å². The maximum Gasteiger partial charge on any atom is 0.260 e. The largest absolute Gasteiger partial charge is 0.484 e. The number of anilines is 1. The van der Waals surface area contributed by atoms with Gasteiger partial charge in [-0.15, -0.1) is 0 Å². The topological polar surface area (TPSA) is 58.6 Å². The van der Waals surface area contributed by atoms with Gasteiger partial charge in [0.2, 0.25) is 5.91 Å². The number of nitrogens with zero attached hydrogens (tertiary/aromatic N) is 1. The molecule has 1 N–H and O–H groups in total. The summed E-state index contributed by atoms with van der Waals surface area (Å²) in [6.07, 6.45) is 2.08. The molecular formula is C21H24N2O3. The fraction of sp³-hybridized carbons (Fsp3) is 0.333. The maximum atomic E-state index is 12.6. The van der Waals surface area contributed by atoms with Crippen LogP contribution >= 0.6 is 0 Å². The van der Waals surface area contributed by atoms with E-state index >= 15 is 0 Å². The lowest BCUT2D eigenvalue weighted by atomic mass is 10.0. The lowest BCUT2D eigenvalue weighted by molar-refractivity contribution is -0.134. The van der Waals surface area contributed by atoms with E-state index in [1.165, 1.54) is 0 Å². The van der Waals surface area contributed by atoms with Gasteiger partial charge in [-0.05, 0) is 42.2 Å². The van der Waals surface area contributed by atoms with Crippen LogP contribution in [0.3, 0.4) is 0 Å². The number of rotatable bonds is 7. The number of ether oxygens (including phenoxy) is 1. The van der Waals surface area contributed by atoms with Crippen LogP contribution in [0.1, 0.15) is 30.9 Å². The van der Waals surface area contributed by atoms with E-state index in [1.807, 2.05) is 47.4 Å². The second-order valence-electron chi connectivity index (χ2n) is 6.46. The molecule has 5 nitrogen and oxygen atoms in total. The molecule has 0 saturated heterocycles. The van der Waals surface area contributed by atoms with Gasteiger partial charge in [0, 0.05) is 25.2 Å². The lowest BCUT2D eigenvalue weighted by Crippen LogP contribution is -2.35. The molecule has 0 unspecified atom stereocenters. The lowest BCUT2D eigenvalue weighted by Gasteiger charge is -2.23. The predicted octanol–water partition coefficient (Wildman–Crippen LogP) is 3.39. The van der Waals surface area contributed by atoms with Crippen molar-refractivity contribution in [1.29, 1.82) is 0 Å². The third-order valence-corrected chi connectivity index (χ3v) is 4.40. The Hall–Kier alpha value is -2.82. The number of nitrogens with one attached hydrogen (secondary N) is 1. The minimum Gasteiger partial charge on any atom is -0.484 e. The molecule has 3 rings (SSSR count). The molecule has 2 aromatic carbocycles. The molecule has 0 radical (unpaired) electrons. The number of hydrogen-bond donors (Lipinski definition) is 1. The van der Waals surface area contributed by atoms with Gasteiger partial charge in [0.15, 0.2) is 6.61 Å². The summed E-state index contributed by atoms with van der Waals surface area (Å²) in [7, 11) is 0. The van der Waals surface area contributed by atoms with Crippen molar-refractivity contribution in [3.63, 3.8) is 0 Å². The van der Waals surface area contributed by atoms with E-state index in [4.69, 9.17) is 4.74 Å². The maximum absolute atomic E-state index is 12.6. The average molecular weight is 352 g/mol. The van der Waals surface area contributed by atoms with Crippen LogP contribution < -0.4 is 10.1 Å². The summed E-state index contributed by atoms with van der Waals surface area (Å²) in [6.45, 7) is 3.36. The van der Waals surface area contributed by atoms with Crippen molar-refractivity contribution < 1.29 is 14.3 Å². The zero-order valence-corrected chi connectivity index (χ0v) is 15.0. The molecule has 5 heteroatoms. The summed E-state index contributed by atoms with van der Waals surface area (Å²) in [5.74, 6) is 0.670. The Morgan fingerprint density at radius 2 is 1.96 bits per heavy atom. The number of aryl methyl sites for hydroxylation is 1. The van der Waals surface area contributed by atoms with Gasteiger partial charge in [-0.3, -0.25) is 9.59 Å². The molecule has 2 amide bonds. The minimum atomic E-state index is -0.0262. The van der Waals surface area contributed by atoms with E-state index in [0.29, 0.717) is 31.7 Å². The van der Waals surface area contributed by atoms with Gasteiger partial charge < -0.3 is 15.0 Å². The van der Waals surface area contributed by atoms with E-state index in [0.717, 1.165) is 23.2 Å². The van der Waals surface area contributed by atoms with Crippen LogP contribution in [0.5, 0.6) is 5.75 Å². The number of carbonyl (C=O) groups excluding carboxylic acids is 2. The zero-order chi connectivity index (χ0) is 18.4. The number of carbonyl (C=O) groups is 2. The number of hydrogen-bond acceptors (Lipinski definition) is 3. The molecule has 0 atom stereocenters. The van der Waals surface area contributed by atoms with Crippen LogP contribution in [-0.4, -0.2) is 29.9 Å². The van der Waals surface area contributed by atoms with Crippen molar-refractivity contribution in [3.05, 3.63) is 59.7 Å². The molecule has 0 spiro atoms. The number of benzene rings is 2. The van der Waals surface area contributed by atoms with Gasteiger partial charge in [0.1, 0.15) is 5.75 Å². The third kappa shape index (κ3) is 4.63. The van der Waals surface area contributed by atoms with Crippen molar-refractivity contribution in [2.24, 2.45) is 0 Å². The molecule has 0 aromatic heterocycles. The Bertz CT molecular complexity index is 774. The van der Waals surface area contributed by atoms with Crippen LogP contribution in [0.2, 0.25) is 0 Å². The fourth-order valence-corrected chi connectivity index (χ4v) is 3.05. The molecule has 0 saturated carbocycles. The standard InChI is InChI=1S/C21H24N2O3/c1-2-12-23(14-16-6-4-3-5-7-16)21(25)15-26-18-9-10-19-17(13-18)8-11-20(24)22-19/h3-7,9-10,13H,2,8,11-12,14-15H2,1H3,(H,22,24). The second-order valence-corrected chi connectivity index (χ2v) is 6.46. The first-order chi connectivity index (χ1) is 12.7. The summed E-state index contributed by atoms with van der Waals surface area (Å²) in [6, 6.07) is 15.5. The molecule has 26 heavy (non-hydrogen) atoms. The molecule has 0 aliphatic carbocycles. The monoisotopic (exact) mass is 352 g/mol. The van der Waals surface area contributed by atoms with Crippen LogP contribution in [-0.2, 0) is 22.6 Å². The van der Waals surface area contributed by atoms with E-state index < -0.39 is 0 Å². The first-order valence-electron chi connectivity index (χ1n) is 9.03. The fourth-order valence-electron chi connectivity index (χ4n) is 3.05. The molecule has 1 aliphatic heterocycles. The van der Waals surface area contributed by atoms with Crippen molar-refractivity contribution in [2.45, 2.75) is 32.7 Å². The summed E-state index contributed by atoms with van der Waals surface area (Å²) < 4.78 is 5.72. The Kier molecular flexibility index (Phi) is 5.89. The molecule has 0 fully saturated rings. The predicted molar refractivity (Wildman–Crippen MR) is 101 cm³/mol. The van der Waals surface area contributed by atoms with Gasteiger partial charge in [-0.25, -0.2) is 0 Å². The first kappa shape index (κ1) is 18.0. The molecule has 1 aliphatic rings. The SMILES string of the molecule is CCCN(Cc1ccccc1)C(=O)COc1ccc2c(c1)CCC(=O)N2. The van der Waals surface area contributed by atoms with Crippen molar-refractivity contribution >= 4 is 17.5 Å². The van der Waals surface area contributed by atoms with E-state index in [9.17, 15) is 9.59 Å². The summed E-state index contributed by atoms with van der Waals surface area (Å²) in [5.41, 5.74) is 2.99. The summed E-state index contributed by atoms with van der Waals surface area (Å²) in [5, 5.41) is 2.84. The smallest absolute Gasteiger partial charge is 0.260 e. The van der Waals surface area contributed by atoms with Crippen molar-refractivity contribution in [1.82, 2.24) is 4.90 Å². The first-order valence-corrected chi connectivity index (χ1v) is 9.03. The Morgan fingerprint density at radius 1 is 1.15 bits per heavy atom. The normalized spacial score (nSPS) is 12.9. The Balaban J connectivity index is 1.60. The summed E-state index contributed by atoms with van der Waals surface area (Å²) in [4.78, 5) is 25.8. The van der Waals surface area contributed by atoms with Gasteiger partial charge in [-0.1, -0.05) is 37.3 Å². The molecule has 1 heterocycles. The quantitative estimate of drug-likeness (QED) is 0.831. The molecular weight excluding hydrogens is 328 g/mol. The highest BCUT2D eigenvalue weighted by atomic mass is 16.5. The average Bonchev–Trinajstić information content (AvgIpc) is 2.66. The van der Waals surface area contributed by atoms with Crippen LogP contribution in [0, 0.1) is 0 Å². The van der Waals surface area contributed by atoms with Gasteiger partial charge >= 0.3 is 0 Å². The van der Waals surface area contributed by atoms with Gasteiger partial charge in [0.05, 0.1) is 0 Å². The van der Waals surface area contributed by atoms with Gasteiger partial charge in [-0.2, -0.15) is 0 Å². The molecule has 0 bridgehead atoms. The van der Waals surface area contributed by atoms with Crippen LogP contribution in [0.15, 0.2) is 48.5 Å². The van der Waals surface area contributed by atoms with Crippen molar-refractivity contribution in [2.75, 3.05) is 18.5 Å². The second kappa shape index (κ2) is 8.52. The van der Waals surface area contributed by atoms with E-state index in [-0.39, 0.29) is 18.4 Å². The summed E-state index contributed by atoms with van der Waals surface area (Å²) >= 11 is 0. The van der Waals surface area contributed by atoms with E-state index in [2.05, 4.69) is 12.2 Å². The third-order valence-electron chi connectivity index (χ3n) is 4.40. The van der Waals surface area contributed by atoms with Gasteiger partial charge in [0.25, 0.3) is 5.91 Å². The number of fused-ring (bicyclic) bond motifs is 1. The highest BCUT2D eigenvalue weighted by molar-refractivity contribution is 5.94. The van der Waals surface area contributed by atoms with Crippen LogP contribution in [0.4, 0.5) is 5.69 Å². The van der Waals surface area contributed by atoms with Crippen LogP contribution in [0.25, 0.3) is 0 Å². The minimum absolute atomic E-state index is 0.0119. The molecule has 2 aromatic rings. The number of amides is 2. The Morgan fingerprint density at radius 3 is 2.73 bits per heavy atom. The van der Waals surface area contributed by atoms with Crippen molar-refractivity contribution in [3.8, 4) is 5.75 Å². The highest BCUT2D eigenvalue weighted by Crippen LogP contribution is 2.26. The molecule has 136 valence electrons. The highest BCUT2D eigenvalue weighted by Gasteiger charge is 2.17. The van der Waals surface area contributed by atoms with E-state index in [1.54, 1.807) is 6.07 Å². The zero-order valence-electron chi connectivity index (χ0n) is 15.0.